The second-order valence-corrected chi connectivity index (χ2v) is 4.08. The van der Waals surface area contributed by atoms with Gasteiger partial charge in [-0.25, -0.2) is 9.18 Å². The Hall–Kier alpha value is -1.16. The number of ether oxygens (including phenoxy) is 1. The van der Waals surface area contributed by atoms with Gasteiger partial charge >= 0.3 is 5.97 Å². The number of carbonyl (C=O) groups excluding carboxylic acids is 1. The second kappa shape index (κ2) is 5.80. The molecule has 0 N–H and O–H groups in total. The van der Waals surface area contributed by atoms with E-state index in [1.165, 1.54) is 6.07 Å². The van der Waals surface area contributed by atoms with Gasteiger partial charge in [0.05, 0.1) is 11.1 Å². The Kier molecular flexibility index (Phi) is 4.68. The summed E-state index contributed by atoms with van der Waals surface area (Å²) in [6.45, 7) is 3.71. The summed E-state index contributed by atoms with van der Waals surface area (Å²) in [6.07, 6.45) is 1.59. The SMILES string of the molecule is CCOC(=O)/C(C)=C/c1ccc(Br)c(F)c1. The molecule has 0 bridgehead atoms. The molecule has 0 fully saturated rings. The van der Waals surface area contributed by atoms with Crippen LogP contribution in [0.2, 0.25) is 0 Å². The zero-order chi connectivity index (χ0) is 12.1. The first-order valence-electron chi connectivity index (χ1n) is 4.85. The molecule has 0 saturated carbocycles. The van der Waals surface area contributed by atoms with Gasteiger partial charge in [-0.3, -0.25) is 0 Å². The molecule has 0 saturated heterocycles. The van der Waals surface area contributed by atoms with E-state index in [0.29, 0.717) is 22.2 Å². The molecule has 0 heterocycles. The van der Waals surface area contributed by atoms with Crippen LogP contribution in [0.4, 0.5) is 4.39 Å². The lowest BCUT2D eigenvalue weighted by molar-refractivity contribution is -0.138. The van der Waals surface area contributed by atoms with E-state index in [-0.39, 0.29) is 11.8 Å². The van der Waals surface area contributed by atoms with Gasteiger partial charge in [-0.2, -0.15) is 0 Å². The summed E-state index contributed by atoms with van der Waals surface area (Å²) in [7, 11) is 0. The minimum absolute atomic E-state index is 0.332. The Morgan fingerprint density at radius 1 is 1.56 bits per heavy atom. The van der Waals surface area contributed by atoms with Crippen LogP contribution >= 0.6 is 15.9 Å². The van der Waals surface area contributed by atoms with Crippen molar-refractivity contribution in [3.63, 3.8) is 0 Å². The van der Waals surface area contributed by atoms with Crippen LogP contribution in [-0.2, 0) is 9.53 Å². The Morgan fingerprint density at radius 2 is 2.25 bits per heavy atom. The van der Waals surface area contributed by atoms with E-state index in [1.807, 2.05) is 0 Å². The number of benzene rings is 1. The second-order valence-electron chi connectivity index (χ2n) is 3.22. The van der Waals surface area contributed by atoms with Crippen molar-refractivity contribution in [2.45, 2.75) is 13.8 Å². The van der Waals surface area contributed by atoms with Crippen LogP contribution in [0.15, 0.2) is 28.2 Å². The average molecular weight is 287 g/mol. The van der Waals surface area contributed by atoms with E-state index >= 15 is 0 Å². The average Bonchev–Trinajstić information content (AvgIpc) is 2.24. The molecule has 0 aliphatic rings. The first-order valence-corrected chi connectivity index (χ1v) is 5.64. The summed E-state index contributed by atoms with van der Waals surface area (Å²) in [5.41, 5.74) is 1.08. The molecule has 1 aromatic rings. The molecular formula is C12H12BrFO2. The van der Waals surface area contributed by atoms with Crippen molar-refractivity contribution in [3.8, 4) is 0 Å². The molecule has 1 rings (SSSR count). The molecule has 2 nitrogen and oxygen atoms in total. The zero-order valence-electron chi connectivity index (χ0n) is 9.09. The molecular weight excluding hydrogens is 275 g/mol. The van der Waals surface area contributed by atoms with Crippen LogP contribution in [0.25, 0.3) is 6.08 Å². The molecule has 0 aliphatic heterocycles. The molecule has 0 atom stereocenters. The third-order valence-corrected chi connectivity index (χ3v) is 2.57. The van der Waals surface area contributed by atoms with Crippen molar-refractivity contribution in [2.75, 3.05) is 6.61 Å². The Balaban J connectivity index is 2.89. The number of hydrogen-bond donors (Lipinski definition) is 0. The third kappa shape index (κ3) is 3.45. The van der Waals surface area contributed by atoms with Gasteiger partial charge in [0.1, 0.15) is 5.82 Å². The van der Waals surface area contributed by atoms with Gasteiger partial charge in [0, 0.05) is 5.57 Å². The Bertz CT molecular complexity index is 427. The minimum atomic E-state index is -0.383. The Labute approximate surface area is 102 Å². The maximum Gasteiger partial charge on any atom is 0.333 e. The first-order chi connectivity index (χ1) is 7.54. The highest BCUT2D eigenvalue weighted by atomic mass is 79.9. The number of esters is 1. The minimum Gasteiger partial charge on any atom is -0.463 e. The van der Waals surface area contributed by atoms with Gasteiger partial charge in [-0.05, 0) is 53.5 Å². The third-order valence-electron chi connectivity index (χ3n) is 1.92. The van der Waals surface area contributed by atoms with E-state index < -0.39 is 0 Å². The van der Waals surface area contributed by atoms with Gasteiger partial charge in [0.2, 0.25) is 0 Å². The van der Waals surface area contributed by atoms with Gasteiger partial charge < -0.3 is 4.74 Å². The summed E-state index contributed by atoms with van der Waals surface area (Å²) < 4.78 is 18.4. The van der Waals surface area contributed by atoms with Gasteiger partial charge in [-0.1, -0.05) is 6.07 Å². The van der Waals surface area contributed by atoms with Crippen molar-refractivity contribution >= 4 is 28.0 Å². The lowest BCUT2D eigenvalue weighted by Crippen LogP contribution is -2.04. The molecule has 0 unspecified atom stereocenters. The van der Waals surface area contributed by atoms with Crippen LogP contribution in [0, 0.1) is 5.82 Å². The summed E-state index contributed by atoms with van der Waals surface area (Å²) in [5.74, 6) is -0.740. The fourth-order valence-corrected chi connectivity index (χ4v) is 1.40. The summed E-state index contributed by atoms with van der Waals surface area (Å²) in [5, 5.41) is 0. The fraction of sp³-hybridized carbons (Fsp3) is 0.250. The highest BCUT2D eigenvalue weighted by Gasteiger charge is 2.05. The maximum atomic E-state index is 13.2. The summed E-state index contributed by atoms with van der Waals surface area (Å²) in [4.78, 5) is 11.3. The molecule has 0 amide bonds. The molecule has 0 aromatic heterocycles. The van der Waals surface area contributed by atoms with Crippen molar-refractivity contribution in [1.29, 1.82) is 0 Å². The quantitative estimate of drug-likeness (QED) is 0.627. The predicted molar refractivity (Wildman–Crippen MR) is 64.4 cm³/mol. The molecule has 1 aromatic carbocycles. The lowest BCUT2D eigenvalue weighted by Gasteiger charge is -2.02. The molecule has 4 heteroatoms. The van der Waals surface area contributed by atoms with Crippen LogP contribution in [0.3, 0.4) is 0 Å². The maximum absolute atomic E-state index is 13.2. The standard InChI is InChI=1S/C12H12BrFO2/c1-3-16-12(15)8(2)6-9-4-5-10(13)11(14)7-9/h4-7H,3H2,1-2H3/b8-6+. The highest BCUT2D eigenvalue weighted by Crippen LogP contribution is 2.18. The largest absolute Gasteiger partial charge is 0.463 e. The van der Waals surface area contributed by atoms with E-state index in [4.69, 9.17) is 4.74 Å². The van der Waals surface area contributed by atoms with Crippen LogP contribution in [0.1, 0.15) is 19.4 Å². The van der Waals surface area contributed by atoms with Gasteiger partial charge in [0.25, 0.3) is 0 Å². The van der Waals surface area contributed by atoms with Crippen LogP contribution in [0.5, 0.6) is 0 Å². The van der Waals surface area contributed by atoms with Crippen molar-refractivity contribution in [2.24, 2.45) is 0 Å². The molecule has 16 heavy (non-hydrogen) atoms. The summed E-state index contributed by atoms with van der Waals surface area (Å²) in [6, 6.07) is 4.67. The van der Waals surface area contributed by atoms with E-state index in [2.05, 4.69) is 15.9 Å². The first kappa shape index (κ1) is 12.9. The van der Waals surface area contributed by atoms with Crippen molar-refractivity contribution < 1.29 is 13.9 Å². The number of carbonyl (C=O) groups is 1. The zero-order valence-corrected chi connectivity index (χ0v) is 10.7. The van der Waals surface area contributed by atoms with E-state index in [1.54, 1.807) is 32.1 Å². The lowest BCUT2D eigenvalue weighted by atomic mass is 10.1. The number of hydrogen-bond acceptors (Lipinski definition) is 2. The van der Waals surface area contributed by atoms with E-state index in [9.17, 15) is 9.18 Å². The van der Waals surface area contributed by atoms with Gasteiger partial charge in [0.15, 0.2) is 0 Å². The normalized spacial score (nSPS) is 11.4. The summed E-state index contributed by atoms with van der Waals surface area (Å²) >= 11 is 3.06. The van der Waals surface area contributed by atoms with Crippen molar-refractivity contribution in [1.82, 2.24) is 0 Å². The van der Waals surface area contributed by atoms with E-state index in [0.717, 1.165) is 0 Å². The predicted octanol–water partition coefficient (Wildman–Crippen LogP) is 3.55. The molecule has 0 aliphatic carbocycles. The fourth-order valence-electron chi connectivity index (χ4n) is 1.16. The van der Waals surface area contributed by atoms with Crippen LogP contribution < -0.4 is 0 Å². The van der Waals surface area contributed by atoms with Crippen LogP contribution in [-0.4, -0.2) is 12.6 Å². The smallest absolute Gasteiger partial charge is 0.333 e. The molecule has 0 radical (unpaired) electrons. The Morgan fingerprint density at radius 3 is 2.81 bits per heavy atom. The van der Waals surface area contributed by atoms with Crippen molar-refractivity contribution in [3.05, 3.63) is 39.6 Å². The topological polar surface area (TPSA) is 26.3 Å². The monoisotopic (exact) mass is 286 g/mol. The van der Waals surface area contributed by atoms with Gasteiger partial charge in [-0.15, -0.1) is 0 Å². The number of rotatable bonds is 3. The molecule has 0 spiro atoms. The number of halogens is 2. The highest BCUT2D eigenvalue weighted by molar-refractivity contribution is 9.10. The molecule has 86 valence electrons.